The molecule has 1 saturated heterocycles. The highest BCUT2D eigenvalue weighted by Gasteiger charge is 2.45. The Morgan fingerprint density at radius 3 is 2.62 bits per heavy atom. The molecule has 1 saturated carbocycles. The van der Waals surface area contributed by atoms with E-state index in [1.165, 1.54) is 50.5 Å². The summed E-state index contributed by atoms with van der Waals surface area (Å²) in [5, 5.41) is 16.8. The molecule has 5 heteroatoms. The minimum Gasteiger partial charge on any atom is -0.304 e. The van der Waals surface area contributed by atoms with E-state index in [-0.39, 0.29) is 5.54 Å². The molecule has 1 N–H and O–H groups in total. The maximum Gasteiger partial charge on any atom is 0.172 e. The van der Waals surface area contributed by atoms with Gasteiger partial charge >= 0.3 is 0 Å². The number of aromatic nitrogens is 4. The van der Waals surface area contributed by atoms with Gasteiger partial charge in [0.2, 0.25) is 0 Å². The van der Waals surface area contributed by atoms with Crippen molar-refractivity contribution in [3.63, 3.8) is 0 Å². The molecule has 1 aliphatic carbocycles. The average Bonchev–Trinajstić information content (AvgIpc) is 3.12. The second-order valence-electron chi connectivity index (χ2n) is 7.34. The highest BCUT2D eigenvalue weighted by Crippen LogP contribution is 2.43. The third kappa shape index (κ3) is 2.97. The molecule has 0 amide bonds. The lowest BCUT2D eigenvalue weighted by Crippen LogP contribution is -2.53. The first-order valence-electron chi connectivity index (χ1n) is 9.44. The van der Waals surface area contributed by atoms with Crippen LogP contribution in [-0.4, -0.2) is 26.8 Å². The molecule has 0 radical (unpaired) electrons. The van der Waals surface area contributed by atoms with Gasteiger partial charge in [-0.3, -0.25) is 0 Å². The first kappa shape index (κ1) is 15.8. The standard InChI is InChI=1S/C19H27N5/c1-3-9-16(10-4-1)15-24-18(21-22-23-24)19(13-7-8-14-20-19)17-11-5-2-6-12-17/h1,3-4,9-10,17,20H,2,5-8,11-15H2. The van der Waals surface area contributed by atoms with Gasteiger partial charge in [0.05, 0.1) is 12.1 Å². The van der Waals surface area contributed by atoms with Gasteiger partial charge in [-0.15, -0.1) is 5.10 Å². The normalized spacial score (nSPS) is 25.7. The van der Waals surface area contributed by atoms with E-state index in [0.29, 0.717) is 5.92 Å². The average molecular weight is 325 g/mol. The van der Waals surface area contributed by atoms with E-state index in [2.05, 4.69) is 51.2 Å². The Morgan fingerprint density at radius 2 is 1.88 bits per heavy atom. The molecule has 1 aromatic carbocycles. The zero-order valence-electron chi connectivity index (χ0n) is 14.3. The van der Waals surface area contributed by atoms with Gasteiger partial charge in [0.1, 0.15) is 0 Å². The fourth-order valence-electron chi connectivity index (χ4n) is 4.63. The van der Waals surface area contributed by atoms with E-state index in [4.69, 9.17) is 0 Å². The molecule has 5 nitrogen and oxygen atoms in total. The van der Waals surface area contributed by atoms with Gasteiger partial charge in [-0.2, -0.15) is 0 Å². The number of nitrogens with one attached hydrogen (secondary N) is 1. The van der Waals surface area contributed by atoms with Crippen LogP contribution in [0.5, 0.6) is 0 Å². The summed E-state index contributed by atoms with van der Waals surface area (Å²) in [4.78, 5) is 0. The molecule has 128 valence electrons. The minimum absolute atomic E-state index is 0.0308. The molecule has 0 spiro atoms. The van der Waals surface area contributed by atoms with Gasteiger partial charge < -0.3 is 5.32 Å². The van der Waals surface area contributed by atoms with Crippen LogP contribution in [0, 0.1) is 5.92 Å². The SMILES string of the molecule is c1ccc(Cn2nnnc2C2(C3CCCCC3)CCCCN2)cc1. The van der Waals surface area contributed by atoms with Crippen molar-refractivity contribution in [3.8, 4) is 0 Å². The first-order chi connectivity index (χ1) is 11.9. The fourth-order valence-corrected chi connectivity index (χ4v) is 4.63. The van der Waals surface area contributed by atoms with Crippen molar-refractivity contribution in [3.05, 3.63) is 41.7 Å². The molecule has 2 aromatic rings. The van der Waals surface area contributed by atoms with Crippen LogP contribution in [0.1, 0.15) is 62.8 Å². The molecular weight excluding hydrogens is 298 g/mol. The van der Waals surface area contributed by atoms with Crippen LogP contribution in [0.2, 0.25) is 0 Å². The molecule has 1 atom stereocenters. The van der Waals surface area contributed by atoms with Crippen LogP contribution in [-0.2, 0) is 12.1 Å². The van der Waals surface area contributed by atoms with E-state index in [9.17, 15) is 0 Å². The number of hydrogen-bond acceptors (Lipinski definition) is 4. The molecule has 2 fully saturated rings. The molecular formula is C19H27N5. The van der Waals surface area contributed by atoms with Gasteiger partial charge in [-0.25, -0.2) is 4.68 Å². The summed E-state index contributed by atoms with van der Waals surface area (Å²) in [5.74, 6) is 1.71. The molecule has 4 rings (SSSR count). The highest BCUT2D eigenvalue weighted by atomic mass is 15.5. The van der Waals surface area contributed by atoms with E-state index in [1.54, 1.807) is 0 Å². The van der Waals surface area contributed by atoms with Gasteiger partial charge in [0.15, 0.2) is 5.82 Å². The van der Waals surface area contributed by atoms with Crippen LogP contribution in [0.25, 0.3) is 0 Å². The molecule has 24 heavy (non-hydrogen) atoms. The van der Waals surface area contributed by atoms with E-state index in [0.717, 1.165) is 25.3 Å². The Bertz CT molecular complexity index is 639. The van der Waals surface area contributed by atoms with Gasteiger partial charge in [0, 0.05) is 0 Å². The van der Waals surface area contributed by atoms with Crippen molar-refractivity contribution in [2.75, 3.05) is 6.54 Å². The van der Waals surface area contributed by atoms with Crippen molar-refractivity contribution in [2.24, 2.45) is 5.92 Å². The largest absolute Gasteiger partial charge is 0.304 e. The summed E-state index contributed by atoms with van der Waals surface area (Å²) in [6.45, 7) is 1.83. The van der Waals surface area contributed by atoms with E-state index >= 15 is 0 Å². The van der Waals surface area contributed by atoms with Crippen LogP contribution >= 0.6 is 0 Å². The summed E-state index contributed by atoms with van der Waals surface area (Å²) in [6.07, 6.45) is 10.3. The van der Waals surface area contributed by atoms with Gasteiger partial charge in [-0.1, -0.05) is 49.6 Å². The molecule has 1 unspecified atom stereocenters. The predicted octanol–water partition coefficient (Wildman–Crippen LogP) is 3.27. The summed E-state index contributed by atoms with van der Waals surface area (Å²) >= 11 is 0. The Labute approximate surface area is 143 Å². The molecule has 1 aliphatic heterocycles. The Morgan fingerprint density at radius 1 is 1.04 bits per heavy atom. The summed E-state index contributed by atoms with van der Waals surface area (Å²) in [7, 11) is 0. The summed E-state index contributed by atoms with van der Waals surface area (Å²) in [6, 6.07) is 10.5. The Hall–Kier alpha value is -1.75. The Balaban J connectivity index is 1.67. The van der Waals surface area contributed by atoms with Gasteiger partial charge in [-0.05, 0) is 60.6 Å². The van der Waals surface area contributed by atoms with Crippen LogP contribution in [0.3, 0.4) is 0 Å². The molecule has 2 aliphatic rings. The first-order valence-corrected chi connectivity index (χ1v) is 9.44. The number of rotatable bonds is 4. The quantitative estimate of drug-likeness (QED) is 0.937. The summed E-state index contributed by atoms with van der Waals surface area (Å²) < 4.78 is 2.03. The third-order valence-electron chi connectivity index (χ3n) is 5.85. The maximum atomic E-state index is 4.52. The Kier molecular flexibility index (Phi) is 4.60. The summed E-state index contributed by atoms with van der Waals surface area (Å²) in [5.41, 5.74) is 1.22. The van der Waals surface area contributed by atoms with Crippen molar-refractivity contribution in [1.29, 1.82) is 0 Å². The number of hydrogen-bond donors (Lipinski definition) is 1. The number of tetrazole rings is 1. The van der Waals surface area contributed by atoms with Crippen molar-refractivity contribution < 1.29 is 0 Å². The lowest BCUT2D eigenvalue weighted by molar-refractivity contribution is 0.110. The number of piperidine rings is 1. The number of nitrogens with zero attached hydrogens (tertiary/aromatic N) is 4. The molecule has 2 heterocycles. The van der Waals surface area contributed by atoms with Crippen LogP contribution in [0.15, 0.2) is 30.3 Å². The predicted molar refractivity (Wildman–Crippen MR) is 93.5 cm³/mol. The second-order valence-corrected chi connectivity index (χ2v) is 7.34. The topological polar surface area (TPSA) is 55.6 Å². The molecule has 0 bridgehead atoms. The zero-order chi connectivity index (χ0) is 16.2. The van der Waals surface area contributed by atoms with Crippen LogP contribution < -0.4 is 5.32 Å². The van der Waals surface area contributed by atoms with Crippen LogP contribution in [0.4, 0.5) is 0 Å². The third-order valence-corrected chi connectivity index (χ3v) is 5.85. The van der Waals surface area contributed by atoms with Crippen molar-refractivity contribution in [2.45, 2.75) is 63.5 Å². The second kappa shape index (κ2) is 7.01. The van der Waals surface area contributed by atoms with E-state index < -0.39 is 0 Å². The van der Waals surface area contributed by atoms with Gasteiger partial charge in [0.25, 0.3) is 0 Å². The zero-order valence-corrected chi connectivity index (χ0v) is 14.3. The lowest BCUT2D eigenvalue weighted by Gasteiger charge is -2.45. The van der Waals surface area contributed by atoms with E-state index in [1.807, 2.05) is 4.68 Å². The maximum absolute atomic E-state index is 4.52. The highest BCUT2D eigenvalue weighted by molar-refractivity contribution is 5.17. The van der Waals surface area contributed by atoms with Crippen molar-refractivity contribution in [1.82, 2.24) is 25.5 Å². The number of benzene rings is 1. The fraction of sp³-hybridized carbons (Fsp3) is 0.632. The minimum atomic E-state index is -0.0308. The smallest absolute Gasteiger partial charge is 0.172 e. The molecule has 1 aromatic heterocycles. The monoisotopic (exact) mass is 325 g/mol. The van der Waals surface area contributed by atoms with Crippen molar-refractivity contribution >= 4 is 0 Å². The lowest BCUT2D eigenvalue weighted by atomic mass is 9.70.